The minimum absolute atomic E-state index is 0.0566. The van der Waals surface area contributed by atoms with Crippen LogP contribution < -0.4 is 5.73 Å². The molecule has 3 aromatic heterocycles. The molecule has 15 nitrogen and oxygen atoms in total. The molecule has 0 spiro atoms. The molecule has 0 saturated carbocycles. The third kappa shape index (κ3) is 14.7. The number of unbranched alkanes of at least 4 members (excludes halogenated alkanes) is 15. The molecule has 3 aromatic rings. The largest absolute Gasteiger partial charge is 0.472 e. The van der Waals surface area contributed by atoms with Crippen LogP contribution in [-0.2, 0) is 34.4 Å². The number of phosphoric ester groups is 1. The number of nitrogen functional groups attached to an aromatic ring is 1. The number of aliphatic hydroxyl groups excluding tert-OH is 2. The molecule has 0 bridgehead atoms. The average molecular weight is 803 g/mol. The second-order valence-electron chi connectivity index (χ2n) is 15.0. The summed E-state index contributed by atoms with van der Waals surface area (Å²) in [5.74, 6) is 0.227. The molecule has 1 saturated heterocycles. The molecule has 6 atom stereocenters. The van der Waals surface area contributed by atoms with E-state index in [0.717, 1.165) is 19.3 Å². The van der Waals surface area contributed by atoms with Crippen LogP contribution in [-0.4, -0.2) is 85.0 Å². The quantitative estimate of drug-likeness (QED) is 0.0406. The van der Waals surface area contributed by atoms with Gasteiger partial charge in [-0.3, -0.25) is 14.0 Å². The number of aromatic nitrogens is 4. The summed E-state index contributed by atoms with van der Waals surface area (Å²) in [5, 5.41) is 35.1. The summed E-state index contributed by atoms with van der Waals surface area (Å²) in [7, 11) is -4.70. The van der Waals surface area contributed by atoms with Crippen molar-refractivity contribution in [3.05, 3.63) is 53.7 Å². The Balaban J connectivity index is 1.16. The van der Waals surface area contributed by atoms with Gasteiger partial charge in [0.2, 0.25) is 0 Å². The van der Waals surface area contributed by atoms with E-state index in [9.17, 15) is 19.7 Å². The predicted molar refractivity (Wildman–Crippen MR) is 211 cm³/mol. The standard InChI is InChI=1S/C40H63N6O9P/c1-3-4-5-6-7-8-9-10-11-12-13-14-15-16-17-18-23-51-27-33(52-26-32-20-19-31(24-41)25-43-32)28-53-56(49,50)54-29-40(2)38(48)36(47)37(55-40)34-21-22-35-39(42)44-30-45-46(34)35/h19-22,25,30,33,36-38,47-48H,3-18,23,26-29H2,1-2H3,(H,49,50)(H2,42,44,45)/t33?,36-,37-,38-,40+/m0/s1. The third-order valence-corrected chi connectivity index (χ3v) is 11.2. The van der Waals surface area contributed by atoms with Gasteiger partial charge >= 0.3 is 7.82 Å². The number of aliphatic hydroxyl groups is 2. The van der Waals surface area contributed by atoms with Crippen molar-refractivity contribution in [3.63, 3.8) is 0 Å². The SMILES string of the molecule is CCCCCCCCCCCCCCCCCCOCC(COP(=O)(O)OC[C@@]1(C)O[C@@H](c2ccc3c(N)ncnn23)[C@H](O)[C@@H]1O)OCc1ccc(C#N)cn1. The van der Waals surface area contributed by atoms with Crippen LogP contribution >= 0.6 is 7.82 Å². The van der Waals surface area contributed by atoms with Crippen LogP contribution in [0.4, 0.5) is 5.82 Å². The lowest BCUT2D eigenvalue weighted by Crippen LogP contribution is -2.44. The maximum absolute atomic E-state index is 13.1. The summed E-state index contributed by atoms with van der Waals surface area (Å²) in [6, 6.07) is 8.63. The first-order valence-electron chi connectivity index (χ1n) is 20.3. The van der Waals surface area contributed by atoms with Crippen LogP contribution in [0.1, 0.15) is 140 Å². The van der Waals surface area contributed by atoms with Gasteiger partial charge in [-0.2, -0.15) is 10.4 Å². The fourth-order valence-corrected chi connectivity index (χ4v) is 7.66. The smallest absolute Gasteiger partial charge is 0.387 e. The van der Waals surface area contributed by atoms with E-state index in [1.54, 1.807) is 24.3 Å². The Kier molecular flexibility index (Phi) is 19.6. The maximum atomic E-state index is 13.1. The second-order valence-corrected chi connectivity index (χ2v) is 16.4. The van der Waals surface area contributed by atoms with E-state index < -0.39 is 44.4 Å². The summed E-state index contributed by atoms with van der Waals surface area (Å²) >= 11 is 0. The van der Waals surface area contributed by atoms with E-state index in [1.807, 2.05) is 6.07 Å². The molecule has 2 unspecified atom stereocenters. The summed E-state index contributed by atoms with van der Waals surface area (Å²) in [6.07, 6.45) is 18.5. The Morgan fingerprint density at radius 3 is 2.18 bits per heavy atom. The summed E-state index contributed by atoms with van der Waals surface area (Å²) < 4.78 is 43.0. The van der Waals surface area contributed by atoms with Crippen LogP contribution in [0.15, 0.2) is 36.8 Å². The van der Waals surface area contributed by atoms with Gasteiger partial charge in [-0.05, 0) is 37.6 Å². The van der Waals surface area contributed by atoms with Crippen LogP contribution in [0.5, 0.6) is 0 Å². The number of rotatable bonds is 29. The van der Waals surface area contributed by atoms with Crippen LogP contribution in [0.25, 0.3) is 5.52 Å². The van der Waals surface area contributed by atoms with Crippen LogP contribution in [0.2, 0.25) is 0 Å². The van der Waals surface area contributed by atoms with E-state index in [4.69, 9.17) is 34.3 Å². The average Bonchev–Trinajstić information content (AvgIpc) is 3.73. The molecule has 1 aliphatic rings. The number of hydrogen-bond donors (Lipinski definition) is 4. The second kappa shape index (κ2) is 24.0. The molecule has 1 aliphatic heterocycles. The van der Waals surface area contributed by atoms with Crippen LogP contribution in [0, 0.1) is 11.3 Å². The molecule has 4 rings (SSSR count). The lowest BCUT2D eigenvalue weighted by molar-refractivity contribution is -0.102. The molecule has 56 heavy (non-hydrogen) atoms. The molecule has 5 N–H and O–H groups in total. The molecule has 312 valence electrons. The van der Waals surface area contributed by atoms with Gasteiger partial charge in [-0.15, -0.1) is 0 Å². The molecule has 16 heteroatoms. The third-order valence-electron chi connectivity index (χ3n) is 10.3. The topological polar surface area (TPSA) is 217 Å². The van der Waals surface area contributed by atoms with E-state index in [0.29, 0.717) is 29.1 Å². The van der Waals surface area contributed by atoms with Crippen molar-refractivity contribution in [1.82, 2.24) is 19.6 Å². The highest BCUT2D eigenvalue weighted by Gasteiger charge is 2.53. The van der Waals surface area contributed by atoms with Gasteiger partial charge in [-0.25, -0.2) is 14.1 Å². The Bertz CT molecular complexity index is 1660. The van der Waals surface area contributed by atoms with Crippen LogP contribution in [0.3, 0.4) is 0 Å². The van der Waals surface area contributed by atoms with Crippen molar-refractivity contribution in [2.75, 3.05) is 32.2 Å². The van der Waals surface area contributed by atoms with Crippen molar-refractivity contribution in [2.24, 2.45) is 0 Å². The minimum atomic E-state index is -4.70. The number of anilines is 1. The van der Waals surface area contributed by atoms with Gasteiger partial charge in [0.1, 0.15) is 47.9 Å². The number of phosphoric acid groups is 1. The van der Waals surface area contributed by atoms with Crippen molar-refractivity contribution < 1.29 is 42.9 Å². The van der Waals surface area contributed by atoms with Crippen molar-refractivity contribution in [3.8, 4) is 6.07 Å². The first-order chi connectivity index (χ1) is 27.1. The maximum Gasteiger partial charge on any atom is 0.472 e. The first-order valence-corrected chi connectivity index (χ1v) is 21.8. The molecular weight excluding hydrogens is 739 g/mol. The summed E-state index contributed by atoms with van der Waals surface area (Å²) in [5.41, 5.74) is 6.23. The number of hydrogen-bond acceptors (Lipinski definition) is 13. The molecule has 0 amide bonds. The highest BCUT2D eigenvalue weighted by molar-refractivity contribution is 7.47. The van der Waals surface area contributed by atoms with E-state index in [-0.39, 0.29) is 25.6 Å². The highest BCUT2D eigenvalue weighted by Crippen LogP contribution is 2.47. The Morgan fingerprint density at radius 2 is 1.57 bits per heavy atom. The number of nitriles is 1. The van der Waals surface area contributed by atoms with E-state index in [2.05, 4.69) is 22.0 Å². The number of nitrogens with zero attached hydrogens (tertiary/aromatic N) is 5. The first kappa shape index (κ1) is 45.7. The summed E-state index contributed by atoms with van der Waals surface area (Å²) in [4.78, 5) is 18.8. The predicted octanol–water partition coefficient (Wildman–Crippen LogP) is 7.13. The number of fused-ring (bicyclic) bond motifs is 1. The van der Waals surface area contributed by atoms with Gasteiger partial charge in [0.15, 0.2) is 5.82 Å². The van der Waals surface area contributed by atoms with Crippen molar-refractivity contribution in [1.29, 1.82) is 5.26 Å². The Morgan fingerprint density at radius 1 is 0.929 bits per heavy atom. The highest BCUT2D eigenvalue weighted by atomic mass is 31.2. The summed E-state index contributed by atoms with van der Waals surface area (Å²) in [6.45, 7) is 3.47. The molecule has 0 aromatic carbocycles. The molecular formula is C40H63N6O9P. The zero-order chi connectivity index (χ0) is 40.2. The minimum Gasteiger partial charge on any atom is -0.387 e. The zero-order valence-electron chi connectivity index (χ0n) is 33.2. The van der Waals surface area contributed by atoms with Gasteiger partial charge in [-0.1, -0.05) is 103 Å². The van der Waals surface area contributed by atoms with Gasteiger partial charge in [0.25, 0.3) is 0 Å². The lowest BCUT2D eigenvalue weighted by Gasteiger charge is -2.28. The Hall–Kier alpha value is -3.03. The van der Waals surface area contributed by atoms with Crippen molar-refractivity contribution >= 4 is 19.2 Å². The number of ether oxygens (including phenoxy) is 3. The molecule has 4 heterocycles. The molecule has 0 radical (unpaired) electrons. The molecule has 1 fully saturated rings. The number of pyridine rings is 1. The molecule has 0 aliphatic carbocycles. The normalized spacial score (nSPS) is 21.3. The van der Waals surface area contributed by atoms with Gasteiger partial charge < -0.3 is 35.1 Å². The fraction of sp³-hybridized carbons (Fsp3) is 0.700. The Labute approximate surface area is 331 Å². The van der Waals surface area contributed by atoms with Gasteiger partial charge in [0, 0.05) is 12.8 Å². The van der Waals surface area contributed by atoms with Crippen molar-refractivity contribution in [2.45, 2.75) is 153 Å². The number of nitrogens with two attached hydrogens (primary N) is 1. The monoisotopic (exact) mass is 802 g/mol. The lowest BCUT2D eigenvalue weighted by atomic mass is 9.97. The fourth-order valence-electron chi connectivity index (χ4n) is 6.81. The van der Waals surface area contributed by atoms with E-state index >= 15 is 0 Å². The van der Waals surface area contributed by atoms with E-state index in [1.165, 1.54) is 107 Å². The van der Waals surface area contributed by atoms with Gasteiger partial charge in [0.05, 0.1) is 43.4 Å². The zero-order valence-corrected chi connectivity index (χ0v) is 34.1.